The number of hydrogen-bond acceptors (Lipinski definition) is 5. The first-order chi connectivity index (χ1) is 19.3. The fraction of sp³-hybridized carbons (Fsp3) is 0.250. The van der Waals surface area contributed by atoms with Crippen LogP contribution >= 0.6 is 0 Å². The second-order valence-electron chi connectivity index (χ2n) is 10.3. The van der Waals surface area contributed by atoms with Gasteiger partial charge >= 0.3 is 5.97 Å². The van der Waals surface area contributed by atoms with Crippen molar-refractivity contribution in [3.8, 4) is 0 Å². The van der Waals surface area contributed by atoms with Crippen LogP contribution in [0.2, 0.25) is 0 Å². The Labute approximate surface area is 232 Å². The van der Waals surface area contributed by atoms with Crippen molar-refractivity contribution >= 4 is 28.3 Å². The number of piperidine rings is 1. The first-order valence-electron chi connectivity index (χ1n) is 13.4. The third-order valence-corrected chi connectivity index (χ3v) is 7.85. The summed E-state index contributed by atoms with van der Waals surface area (Å²) in [7, 11) is 0. The summed E-state index contributed by atoms with van der Waals surface area (Å²) in [6, 6.07) is 28.3. The zero-order valence-electron chi connectivity index (χ0n) is 22.2. The number of carboxylic acid groups (broad SMARTS) is 1. The number of non-ortho nitro benzene ring substituents is 1. The summed E-state index contributed by atoms with van der Waals surface area (Å²) in [6.45, 7) is 3.71. The number of aromatic carboxylic acids is 1. The van der Waals surface area contributed by atoms with Gasteiger partial charge in [-0.05, 0) is 53.1 Å². The van der Waals surface area contributed by atoms with Crippen LogP contribution in [0, 0.1) is 16.0 Å². The van der Waals surface area contributed by atoms with Crippen molar-refractivity contribution < 1.29 is 19.6 Å². The minimum Gasteiger partial charge on any atom is -0.478 e. The van der Waals surface area contributed by atoms with Crippen molar-refractivity contribution in [3.63, 3.8) is 0 Å². The molecule has 0 aromatic heterocycles. The molecule has 0 radical (unpaired) electrons. The normalized spacial score (nSPS) is 17.9. The van der Waals surface area contributed by atoms with Crippen molar-refractivity contribution in [3.05, 3.63) is 123 Å². The first-order valence-corrected chi connectivity index (χ1v) is 13.4. The maximum Gasteiger partial charge on any atom is 0.335 e. The maximum absolute atomic E-state index is 13.5. The smallest absolute Gasteiger partial charge is 0.335 e. The molecule has 1 fully saturated rings. The Morgan fingerprint density at radius 1 is 1.00 bits per heavy atom. The lowest BCUT2D eigenvalue weighted by Crippen LogP contribution is -2.46. The van der Waals surface area contributed by atoms with E-state index in [1.807, 2.05) is 30.3 Å². The minimum atomic E-state index is -1.31. The molecule has 0 spiro atoms. The summed E-state index contributed by atoms with van der Waals surface area (Å²) < 4.78 is 0. The topological polar surface area (TPSA) is 113 Å². The van der Waals surface area contributed by atoms with Gasteiger partial charge in [-0.25, -0.2) is 4.79 Å². The fourth-order valence-electron chi connectivity index (χ4n) is 5.77. The predicted octanol–water partition coefficient (Wildman–Crippen LogP) is 6.04. The van der Waals surface area contributed by atoms with Crippen molar-refractivity contribution in [1.82, 2.24) is 10.2 Å². The van der Waals surface area contributed by atoms with Gasteiger partial charge in [-0.2, -0.15) is 0 Å². The molecule has 1 aliphatic rings. The van der Waals surface area contributed by atoms with Crippen molar-refractivity contribution in [2.75, 3.05) is 19.6 Å². The molecule has 1 saturated heterocycles. The average Bonchev–Trinajstić information content (AvgIpc) is 2.99. The molecule has 2 unspecified atom stereocenters. The maximum atomic E-state index is 13.5. The van der Waals surface area contributed by atoms with Gasteiger partial charge in [0, 0.05) is 43.4 Å². The Balaban J connectivity index is 1.39. The van der Waals surface area contributed by atoms with Crippen LogP contribution in [0.5, 0.6) is 0 Å². The van der Waals surface area contributed by atoms with Gasteiger partial charge < -0.3 is 15.3 Å². The fourth-order valence-corrected chi connectivity index (χ4v) is 5.77. The molecule has 1 amide bonds. The molecule has 4 aromatic rings. The van der Waals surface area contributed by atoms with Crippen LogP contribution in [0.4, 0.5) is 5.69 Å². The number of carbonyl (C=O) groups is 2. The molecular formula is C32H31N3O5. The summed E-state index contributed by atoms with van der Waals surface area (Å²) >= 11 is 0. The molecule has 3 atom stereocenters. The van der Waals surface area contributed by atoms with Crippen LogP contribution in [0.3, 0.4) is 0 Å². The van der Waals surface area contributed by atoms with Crippen molar-refractivity contribution in [1.29, 1.82) is 0 Å². The molecular weight excluding hydrogens is 506 g/mol. The van der Waals surface area contributed by atoms with Crippen molar-refractivity contribution in [2.45, 2.75) is 25.3 Å². The van der Waals surface area contributed by atoms with Gasteiger partial charge in [0.25, 0.3) is 11.6 Å². The number of carboxylic acids is 1. The van der Waals surface area contributed by atoms with Gasteiger partial charge in [0.05, 0.1) is 10.5 Å². The molecule has 8 nitrogen and oxygen atoms in total. The lowest BCUT2D eigenvalue weighted by atomic mass is 9.80. The number of rotatable bonds is 8. The number of nitrogens with zero attached hydrogens (tertiary/aromatic N) is 2. The third-order valence-electron chi connectivity index (χ3n) is 7.85. The van der Waals surface area contributed by atoms with Crippen LogP contribution in [-0.2, 0) is 0 Å². The van der Waals surface area contributed by atoms with E-state index in [4.69, 9.17) is 0 Å². The monoisotopic (exact) mass is 537 g/mol. The van der Waals surface area contributed by atoms with E-state index in [2.05, 4.69) is 54.7 Å². The van der Waals surface area contributed by atoms with E-state index >= 15 is 0 Å². The number of hydrogen-bond donors (Lipinski definition) is 2. The Bertz CT molecular complexity index is 1520. The Morgan fingerprint density at radius 2 is 1.70 bits per heavy atom. The Hall–Kier alpha value is -4.56. The van der Waals surface area contributed by atoms with Gasteiger partial charge in [-0.1, -0.05) is 72.8 Å². The number of nitrogens with one attached hydrogen (secondary N) is 1. The average molecular weight is 538 g/mol. The number of amides is 1. The summed E-state index contributed by atoms with van der Waals surface area (Å²) in [5.41, 5.74) is 1.74. The van der Waals surface area contributed by atoms with Crippen LogP contribution < -0.4 is 5.32 Å². The molecule has 1 heterocycles. The number of fused-ring (bicyclic) bond motifs is 1. The summed E-state index contributed by atoms with van der Waals surface area (Å²) in [4.78, 5) is 37.5. The quantitative estimate of drug-likeness (QED) is 0.209. The van der Waals surface area contributed by atoms with Crippen LogP contribution in [0.1, 0.15) is 57.1 Å². The molecule has 40 heavy (non-hydrogen) atoms. The molecule has 0 aliphatic carbocycles. The van der Waals surface area contributed by atoms with Gasteiger partial charge in [-0.3, -0.25) is 14.9 Å². The van der Waals surface area contributed by atoms with Crippen LogP contribution in [0.15, 0.2) is 91.0 Å². The largest absolute Gasteiger partial charge is 0.478 e. The highest BCUT2D eigenvalue weighted by atomic mass is 16.6. The van der Waals surface area contributed by atoms with E-state index in [0.29, 0.717) is 19.6 Å². The molecule has 0 bridgehead atoms. The van der Waals surface area contributed by atoms with E-state index < -0.39 is 22.5 Å². The lowest BCUT2D eigenvalue weighted by Gasteiger charge is -2.39. The highest BCUT2D eigenvalue weighted by Gasteiger charge is 2.33. The molecule has 0 saturated carbocycles. The second kappa shape index (κ2) is 11.7. The van der Waals surface area contributed by atoms with E-state index in [-0.39, 0.29) is 29.0 Å². The molecule has 8 heteroatoms. The minimum absolute atomic E-state index is 0.0144. The number of benzene rings is 4. The van der Waals surface area contributed by atoms with E-state index in [1.54, 1.807) is 4.90 Å². The van der Waals surface area contributed by atoms with Gasteiger partial charge in [0.2, 0.25) is 0 Å². The molecule has 4 aromatic carbocycles. The molecule has 1 aliphatic heterocycles. The van der Waals surface area contributed by atoms with E-state index in [9.17, 15) is 24.8 Å². The standard InChI is InChI=1S/C32H31N3O5/c1-21(28-13-7-11-23-10-5-6-12-30(23)28)33-19-26-20-34(15-14-29(26)22-8-3-2-4-9-22)31(36)24-16-25(32(37)38)18-27(17-24)35(39)40/h2-13,16-18,21,26,29,33H,14-15,19-20H2,1H3,(H,37,38)/t21-,26?,29?/m1/s1. The zero-order chi connectivity index (χ0) is 28.2. The highest BCUT2D eigenvalue weighted by molar-refractivity contribution is 5.98. The SMILES string of the molecule is C[C@@H](NCC1CN(C(=O)c2cc(C(=O)O)cc([N+](=O)[O-])c2)CCC1c1ccccc1)c1cccc2ccccc12. The van der Waals surface area contributed by atoms with Crippen LogP contribution in [-0.4, -0.2) is 46.4 Å². The zero-order valence-corrected chi connectivity index (χ0v) is 22.2. The molecule has 5 rings (SSSR count). The van der Waals surface area contributed by atoms with Gasteiger partial charge in [0.1, 0.15) is 0 Å². The number of nitro benzene ring substituents is 1. The number of carbonyl (C=O) groups excluding carboxylic acids is 1. The van der Waals surface area contributed by atoms with E-state index in [1.165, 1.54) is 28.0 Å². The van der Waals surface area contributed by atoms with Crippen molar-refractivity contribution in [2.24, 2.45) is 5.92 Å². The lowest BCUT2D eigenvalue weighted by molar-refractivity contribution is -0.384. The third kappa shape index (κ3) is 5.72. The molecule has 204 valence electrons. The summed E-state index contributed by atoms with van der Waals surface area (Å²) in [6.07, 6.45) is 0.728. The predicted molar refractivity (Wildman–Crippen MR) is 154 cm³/mol. The number of nitro groups is 1. The van der Waals surface area contributed by atoms with E-state index in [0.717, 1.165) is 18.6 Å². The Kier molecular flexibility index (Phi) is 7.89. The van der Waals surface area contributed by atoms with Crippen LogP contribution in [0.25, 0.3) is 10.8 Å². The second-order valence-corrected chi connectivity index (χ2v) is 10.3. The molecule has 2 N–H and O–H groups in total. The first kappa shape index (κ1) is 27.0. The number of likely N-dealkylation sites (tertiary alicyclic amines) is 1. The highest BCUT2D eigenvalue weighted by Crippen LogP contribution is 2.34. The summed E-state index contributed by atoms with van der Waals surface area (Å²) in [5.74, 6) is -1.41. The Morgan fingerprint density at radius 3 is 2.45 bits per heavy atom. The van der Waals surface area contributed by atoms with Gasteiger partial charge in [0.15, 0.2) is 0 Å². The summed E-state index contributed by atoms with van der Waals surface area (Å²) in [5, 5.41) is 26.9. The van der Waals surface area contributed by atoms with Gasteiger partial charge in [-0.15, -0.1) is 0 Å².